The Balaban J connectivity index is 1.44. The van der Waals surface area contributed by atoms with Crippen molar-refractivity contribution in [3.05, 3.63) is 47.0 Å². The van der Waals surface area contributed by atoms with Gasteiger partial charge in [-0.25, -0.2) is 0 Å². The number of carbonyl (C=O) groups excluding carboxylic acids is 3. The Labute approximate surface area is 166 Å². The van der Waals surface area contributed by atoms with E-state index in [9.17, 15) is 14.4 Å². The average Bonchev–Trinajstić information content (AvgIpc) is 2.70. The van der Waals surface area contributed by atoms with Crippen LogP contribution in [0.1, 0.15) is 43.2 Å². The standard InChI is InChI=1S/C22H29N3O3/c1-17-7-9-19(10-8-17)15-24-13-14-25(22(28)21(24)27)16-20(26)23-12-11-18-5-3-2-4-6-18/h5,7-10H,2-4,6,11-16H2,1H3,(H,23,26). The van der Waals surface area contributed by atoms with Crippen molar-refractivity contribution < 1.29 is 14.4 Å². The molecule has 0 atom stereocenters. The molecule has 1 heterocycles. The van der Waals surface area contributed by atoms with Crippen LogP contribution in [0.25, 0.3) is 0 Å². The van der Waals surface area contributed by atoms with Gasteiger partial charge in [0.1, 0.15) is 6.54 Å². The Morgan fingerprint density at radius 2 is 1.75 bits per heavy atom. The van der Waals surface area contributed by atoms with Crippen LogP contribution < -0.4 is 5.32 Å². The summed E-state index contributed by atoms with van der Waals surface area (Å²) in [5, 5.41) is 2.87. The molecule has 3 amide bonds. The van der Waals surface area contributed by atoms with Crippen LogP contribution in [-0.2, 0) is 20.9 Å². The Morgan fingerprint density at radius 3 is 2.46 bits per heavy atom. The van der Waals surface area contributed by atoms with E-state index < -0.39 is 11.8 Å². The molecule has 0 unspecified atom stereocenters. The van der Waals surface area contributed by atoms with Gasteiger partial charge in [0.25, 0.3) is 0 Å². The Hall–Kier alpha value is -2.63. The highest BCUT2D eigenvalue weighted by Gasteiger charge is 2.33. The number of rotatable bonds is 7. The average molecular weight is 383 g/mol. The number of amides is 3. The van der Waals surface area contributed by atoms with Crippen LogP contribution in [0.5, 0.6) is 0 Å². The lowest BCUT2D eigenvalue weighted by Crippen LogP contribution is -2.56. The zero-order valence-electron chi connectivity index (χ0n) is 16.6. The fourth-order valence-electron chi connectivity index (χ4n) is 3.65. The van der Waals surface area contributed by atoms with E-state index in [4.69, 9.17) is 0 Å². The summed E-state index contributed by atoms with van der Waals surface area (Å²) in [7, 11) is 0. The molecule has 1 aliphatic carbocycles. The molecule has 0 bridgehead atoms. The maximum Gasteiger partial charge on any atom is 0.312 e. The molecule has 3 rings (SSSR count). The summed E-state index contributed by atoms with van der Waals surface area (Å²) in [4.78, 5) is 39.9. The lowest BCUT2D eigenvalue weighted by Gasteiger charge is -2.33. The van der Waals surface area contributed by atoms with Crippen LogP contribution in [0.3, 0.4) is 0 Å². The van der Waals surface area contributed by atoms with Gasteiger partial charge in [-0.2, -0.15) is 0 Å². The number of benzene rings is 1. The minimum Gasteiger partial charge on any atom is -0.354 e. The predicted octanol–water partition coefficient (Wildman–Crippen LogP) is 2.17. The summed E-state index contributed by atoms with van der Waals surface area (Å²) >= 11 is 0. The van der Waals surface area contributed by atoms with E-state index in [2.05, 4.69) is 11.4 Å². The predicted molar refractivity (Wildman–Crippen MR) is 107 cm³/mol. The second kappa shape index (κ2) is 9.53. The van der Waals surface area contributed by atoms with Crippen molar-refractivity contribution in [2.24, 2.45) is 0 Å². The molecule has 6 nitrogen and oxygen atoms in total. The number of hydrogen-bond acceptors (Lipinski definition) is 3. The van der Waals surface area contributed by atoms with Crippen molar-refractivity contribution in [1.29, 1.82) is 0 Å². The number of aryl methyl sites for hydroxylation is 1. The van der Waals surface area contributed by atoms with Crippen molar-refractivity contribution in [3.63, 3.8) is 0 Å². The topological polar surface area (TPSA) is 69.7 Å². The van der Waals surface area contributed by atoms with Gasteiger partial charge < -0.3 is 15.1 Å². The van der Waals surface area contributed by atoms with E-state index in [-0.39, 0.29) is 12.5 Å². The lowest BCUT2D eigenvalue weighted by molar-refractivity contribution is -0.157. The van der Waals surface area contributed by atoms with E-state index in [1.807, 2.05) is 31.2 Å². The summed E-state index contributed by atoms with van der Waals surface area (Å²) in [5.74, 6) is -1.33. The first-order valence-corrected chi connectivity index (χ1v) is 10.1. The first-order chi connectivity index (χ1) is 13.5. The van der Waals surface area contributed by atoms with Crippen LogP contribution in [0, 0.1) is 6.92 Å². The van der Waals surface area contributed by atoms with Gasteiger partial charge in [0, 0.05) is 26.2 Å². The third-order valence-electron chi connectivity index (χ3n) is 5.38. The Morgan fingerprint density at radius 1 is 1.04 bits per heavy atom. The number of piperazine rings is 1. The van der Waals surface area contributed by atoms with Crippen LogP contribution >= 0.6 is 0 Å². The van der Waals surface area contributed by atoms with E-state index in [1.165, 1.54) is 23.3 Å². The number of allylic oxidation sites excluding steroid dienone is 1. The molecule has 6 heteroatoms. The molecule has 1 N–H and O–H groups in total. The van der Waals surface area contributed by atoms with Gasteiger partial charge in [-0.05, 0) is 44.6 Å². The minimum atomic E-state index is -0.594. The zero-order valence-corrected chi connectivity index (χ0v) is 16.6. The molecule has 0 spiro atoms. The van der Waals surface area contributed by atoms with Crippen molar-refractivity contribution in [2.75, 3.05) is 26.2 Å². The van der Waals surface area contributed by atoms with Gasteiger partial charge in [-0.15, -0.1) is 0 Å². The van der Waals surface area contributed by atoms with Gasteiger partial charge in [-0.1, -0.05) is 41.5 Å². The van der Waals surface area contributed by atoms with Crippen molar-refractivity contribution in [2.45, 2.75) is 45.6 Å². The molecule has 0 saturated carbocycles. The molecule has 0 radical (unpaired) electrons. The molecule has 2 aliphatic rings. The highest BCUT2D eigenvalue weighted by Crippen LogP contribution is 2.19. The molecule has 1 aromatic rings. The first-order valence-electron chi connectivity index (χ1n) is 10.1. The summed E-state index contributed by atoms with van der Waals surface area (Å²) < 4.78 is 0. The van der Waals surface area contributed by atoms with Gasteiger partial charge >= 0.3 is 11.8 Å². The SMILES string of the molecule is Cc1ccc(CN2CCN(CC(=O)NCCC3=CCCCC3)C(=O)C2=O)cc1. The molecule has 1 saturated heterocycles. The molecule has 28 heavy (non-hydrogen) atoms. The third kappa shape index (κ3) is 5.44. The fourth-order valence-corrected chi connectivity index (χ4v) is 3.65. The number of nitrogens with zero attached hydrogens (tertiary/aromatic N) is 2. The quantitative estimate of drug-likeness (QED) is 0.580. The second-order valence-corrected chi connectivity index (χ2v) is 7.65. The maximum atomic E-state index is 12.4. The van der Waals surface area contributed by atoms with E-state index in [0.717, 1.165) is 30.4 Å². The van der Waals surface area contributed by atoms with Crippen molar-refractivity contribution in [3.8, 4) is 0 Å². The maximum absolute atomic E-state index is 12.4. The molecule has 1 aromatic carbocycles. The minimum absolute atomic E-state index is 0.0536. The first kappa shape index (κ1) is 20.1. The van der Waals surface area contributed by atoms with Crippen LogP contribution in [0.15, 0.2) is 35.9 Å². The molecular formula is C22H29N3O3. The van der Waals surface area contributed by atoms with Gasteiger partial charge in [-0.3, -0.25) is 14.4 Å². The van der Waals surface area contributed by atoms with Crippen molar-refractivity contribution in [1.82, 2.24) is 15.1 Å². The summed E-state index contributed by atoms with van der Waals surface area (Å²) in [6.45, 7) is 3.78. The number of nitrogens with one attached hydrogen (secondary N) is 1. The lowest BCUT2D eigenvalue weighted by atomic mass is 9.97. The Kier molecular flexibility index (Phi) is 6.85. The summed E-state index contributed by atoms with van der Waals surface area (Å²) in [6.07, 6.45) is 7.86. The molecule has 1 aliphatic heterocycles. The van der Waals surface area contributed by atoms with Gasteiger partial charge in [0.2, 0.25) is 5.91 Å². The number of hydrogen-bond donors (Lipinski definition) is 1. The Bertz CT molecular complexity index is 755. The molecule has 1 fully saturated rings. The largest absolute Gasteiger partial charge is 0.354 e. The molecule has 150 valence electrons. The van der Waals surface area contributed by atoms with E-state index in [1.54, 1.807) is 4.90 Å². The van der Waals surface area contributed by atoms with E-state index in [0.29, 0.717) is 26.2 Å². The molecule has 0 aromatic heterocycles. The third-order valence-corrected chi connectivity index (χ3v) is 5.38. The smallest absolute Gasteiger partial charge is 0.312 e. The van der Waals surface area contributed by atoms with Crippen LogP contribution in [0.2, 0.25) is 0 Å². The monoisotopic (exact) mass is 383 g/mol. The summed E-state index contributed by atoms with van der Waals surface area (Å²) in [6, 6.07) is 7.92. The highest BCUT2D eigenvalue weighted by atomic mass is 16.2. The van der Waals surface area contributed by atoms with E-state index >= 15 is 0 Å². The summed E-state index contributed by atoms with van der Waals surface area (Å²) in [5.41, 5.74) is 3.55. The van der Waals surface area contributed by atoms with Crippen LogP contribution in [0.4, 0.5) is 0 Å². The van der Waals surface area contributed by atoms with Gasteiger partial charge in [0.15, 0.2) is 0 Å². The highest BCUT2D eigenvalue weighted by molar-refractivity contribution is 6.35. The van der Waals surface area contributed by atoms with Crippen LogP contribution in [-0.4, -0.2) is 53.7 Å². The number of carbonyl (C=O) groups is 3. The molecular weight excluding hydrogens is 354 g/mol. The fraction of sp³-hybridized carbons (Fsp3) is 0.500. The second-order valence-electron chi connectivity index (χ2n) is 7.65. The zero-order chi connectivity index (χ0) is 19.9. The normalized spacial score (nSPS) is 17.5. The van der Waals surface area contributed by atoms with Crippen molar-refractivity contribution >= 4 is 17.7 Å². The van der Waals surface area contributed by atoms with Gasteiger partial charge in [0.05, 0.1) is 0 Å².